The van der Waals surface area contributed by atoms with Crippen LogP contribution in [0.2, 0.25) is 0 Å². The van der Waals surface area contributed by atoms with Crippen molar-refractivity contribution in [2.75, 3.05) is 6.61 Å². The molecule has 228 valence electrons. The summed E-state index contributed by atoms with van der Waals surface area (Å²) in [5, 5.41) is 1.16. The molecule has 0 saturated heterocycles. The number of fused-ring (bicyclic) bond motifs is 1. The van der Waals surface area contributed by atoms with Crippen molar-refractivity contribution in [1.29, 1.82) is 0 Å². The van der Waals surface area contributed by atoms with Crippen LogP contribution in [-0.4, -0.2) is 33.2 Å². The van der Waals surface area contributed by atoms with Gasteiger partial charge >= 0.3 is 5.97 Å². The average molecular weight is 639 g/mol. The Labute approximate surface area is 267 Å². The highest BCUT2D eigenvalue weighted by Gasteiger charge is 2.35. The van der Waals surface area contributed by atoms with Gasteiger partial charge in [0.25, 0.3) is 5.56 Å². The van der Waals surface area contributed by atoms with Crippen molar-refractivity contribution in [2.24, 2.45) is 4.99 Å². The molecule has 0 N–H and O–H groups in total. The van der Waals surface area contributed by atoms with Crippen molar-refractivity contribution < 1.29 is 18.7 Å². The summed E-state index contributed by atoms with van der Waals surface area (Å²) < 4.78 is 19.4. The molecule has 0 radical (unpaired) electrons. The Balaban J connectivity index is 1.49. The summed E-state index contributed by atoms with van der Waals surface area (Å²) in [6.07, 6.45) is 3.39. The Morgan fingerprint density at radius 1 is 1.09 bits per heavy atom. The Kier molecular flexibility index (Phi) is 8.81. The van der Waals surface area contributed by atoms with Gasteiger partial charge in [0.2, 0.25) is 0 Å². The van der Waals surface area contributed by atoms with Gasteiger partial charge in [-0.1, -0.05) is 53.8 Å². The molecule has 4 heterocycles. The van der Waals surface area contributed by atoms with Gasteiger partial charge in [-0.15, -0.1) is 0 Å². The maximum Gasteiger partial charge on any atom is 0.338 e. The molecular formula is C34H30N4O5S2. The molecule has 1 aliphatic heterocycles. The van der Waals surface area contributed by atoms with E-state index in [9.17, 15) is 9.59 Å². The highest BCUT2D eigenvalue weighted by molar-refractivity contribution is 7.99. The second-order valence-electron chi connectivity index (χ2n) is 10.4. The number of hydrogen-bond acceptors (Lipinski definition) is 10. The van der Waals surface area contributed by atoms with Crippen molar-refractivity contribution in [3.05, 3.63) is 127 Å². The molecule has 11 heteroatoms. The fourth-order valence-electron chi connectivity index (χ4n) is 4.92. The quantitative estimate of drug-likeness (QED) is 0.152. The van der Waals surface area contributed by atoms with Crippen LogP contribution < -0.4 is 19.6 Å². The number of aryl methyl sites for hydroxylation is 1. The van der Waals surface area contributed by atoms with Crippen molar-refractivity contribution in [1.82, 2.24) is 14.5 Å². The number of nitrogens with zero attached hydrogens (tertiary/aromatic N) is 4. The Morgan fingerprint density at radius 3 is 2.58 bits per heavy atom. The van der Waals surface area contributed by atoms with Crippen LogP contribution in [0.4, 0.5) is 0 Å². The van der Waals surface area contributed by atoms with Crippen molar-refractivity contribution in [3.63, 3.8) is 0 Å². The average Bonchev–Trinajstić information content (AvgIpc) is 3.59. The summed E-state index contributed by atoms with van der Waals surface area (Å²) in [6.45, 7) is 7.74. The number of thiazole rings is 1. The molecule has 0 amide bonds. The maximum atomic E-state index is 14.1. The van der Waals surface area contributed by atoms with Gasteiger partial charge in [0.15, 0.2) is 15.1 Å². The van der Waals surface area contributed by atoms with Crippen LogP contribution in [0.1, 0.15) is 49.4 Å². The fraction of sp³-hybridized carbons (Fsp3) is 0.206. The van der Waals surface area contributed by atoms with Gasteiger partial charge < -0.3 is 13.9 Å². The van der Waals surface area contributed by atoms with Crippen LogP contribution in [0.3, 0.4) is 0 Å². The molecule has 0 unspecified atom stereocenters. The number of ether oxygens (including phenoxy) is 2. The molecular weight excluding hydrogens is 609 g/mol. The lowest BCUT2D eigenvalue weighted by Crippen LogP contribution is -2.40. The summed E-state index contributed by atoms with van der Waals surface area (Å²) >= 11 is 2.53. The highest BCUT2D eigenvalue weighted by atomic mass is 32.2. The lowest BCUT2D eigenvalue weighted by molar-refractivity contribution is -0.138. The molecule has 6 rings (SSSR count). The zero-order valence-electron chi connectivity index (χ0n) is 25.1. The first kappa shape index (κ1) is 30.3. The summed E-state index contributed by atoms with van der Waals surface area (Å²) in [5.41, 5.74) is 2.77. The summed E-state index contributed by atoms with van der Waals surface area (Å²) in [5.74, 6) is 0.650. The van der Waals surface area contributed by atoms with Gasteiger partial charge in [0.1, 0.15) is 11.5 Å². The first-order valence-corrected chi connectivity index (χ1v) is 16.1. The molecule has 1 atom stereocenters. The van der Waals surface area contributed by atoms with Gasteiger partial charge in [-0.2, -0.15) is 0 Å². The predicted molar refractivity (Wildman–Crippen MR) is 173 cm³/mol. The van der Waals surface area contributed by atoms with E-state index >= 15 is 0 Å². The van der Waals surface area contributed by atoms with Crippen LogP contribution in [0.25, 0.3) is 11.8 Å². The van der Waals surface area contributed by atoms with E-state index in [1.165, 1.54) is 23.1 Å². The minimum absolute atomic E-state index is 0.00181. The topological polar surface area (TPSA) is 109 Å². The fourth-order valence-corrected chi connectivity index (χ4v) is 6.66. The van der Waals surface area contributed by atoms with E-state index in [-0.39, 0.29) is 23.8 Å². The van der Waals surface area contributed by atoms with Gasteiger partial charge in [0.05, 0.1) is 34.6 Å². The molecule has 0 bridgehead atoms. The van der Waals surface area contributed by atoms with Crippen LogP contribution in [0.15, 0.2) is 109 Å². The van der Waals surface area contributed by atoms with E-state index in [2.05, 4.69) is 9.97 Å². The van der Waals surface area contributed by atoms with Crippen LogP contribution >= 0.6 is 23.1 Å². The second-order valence-corrected chi connectivity index (χ2v) is 12.4. The lowest BCUT2D eigenvalue weighted by atomic mass is 9.93. The first-order valence-electron chi connectivity index (χ1n) is 14.4. The van der Waals surface area contributed by atoms with Gasteiger partial charge in [-0.3, -0.25) is 9.36 Å². The second kappa shape index (κ2) is 13.1. The third-order valence-corrected chi connectivity index (χ3v) is 8.56. The molecule has 5 aromatic rings. The van der Waals surface area contributed by atoms with E-state index in [0.717, 1.165) is 16.8 Å². The van der Waals surface area contributed by atoms with Crippen molar-refractivity contribution >= 4 is 40.8 Å². The molecule has 0 spiro atoms. The van der Waals surface area contributed by atoms with Crippen LogP contribution in [0.5, 0.6) is 5.75 Å². The molecule has 2 aromatic carbocycles. The third kappa shape index (κ3) is 6.54. The van der Waals surface area contributed by atoms with Crippen molar-refractivity contribution in [2.45, 2.75) is 50.1 Å². The first-order chi connectivity index (χ1) is 21.8. The zero-order chi connectivity index (χ0) is 31.5. The minimum atomic E-state index is -0.785. The summed E-state index contributed by atoms with van der Waals surface area (Å²) in [7, 11) is 0. The number of hydrogen-bond donors (Lipinski definition) is 0. The van der Waals surface area contributed by atoms with E-state index in [1.54, 1.807) is 29.8 Å². The number of esters is 1. The van der Waals surface area contributed by atoms with Gasteiger partial charge in [-0.05, 0) is 75.4 Å². The summed E-state index contributed by atoms with van der Waals surface area (Å²) in [4.78, 5) is 41.8. The van der Waals surface area contributed by atoms with E-state index in [0.29, 0.717) is 36.8 Å². The van der Waals surface area contributed by atoms with Crippen molar-refractivity contribution in [3.8, 4) is 5.75 Å². The number of benzene rings is 2. The molecule has 9 nitrogen and oxygen atoms in total. The number of furan rings is 1. The highest BCUT2D eigenvalue weighted by Crippen LogP contribution is 2.36. The molecule has 45 heavy (non-hydrogen) atoms. The number of carbonyl (C=O) groups is 1. The normalized spacial score (nSPS) is 14.8. The largest absolute Gasteiger partial charge is 0.491 e. The number of aromatic nitrogens is 3. The monoisotopic (exact) mass is 638 g/mol. The Hall–Kier alpha value is -4.74. The predicted octanol–water partition coefficient (Wildman–Crippen LogP) is 5.57. The van der Waals surface area contributed by atoms with E-state index in [4.69, 9.17) is 18.9 Å². The zero-order valence-corrected chi connectivity index (χ0v) is 26.7. The Bertz CT molecular complexity index is 2060. The van der Waals surface area contributed by atoms with Gasteiger partial charge in [-0.25, -0.2) is 19.8 Å². The smallest absolute Gasteiger partial charge is 0.338 e. The SMILES string of the molecule is CCOC(=O)C1=C(c2ccccc2)N=c2s/c(=C\c3ccc(Sc4nccc(C)n4)o3)c(=O)n2[C@H]1c1ccc(OC(C)C)cc1. The molecule has 0 fully saturated rings. The molecule has 0 aliphatic carbocycles. The summed E-state index contributed by atoms with van der Waals surface area (Å²) in [6, 6.07) is 21.5. The molecule has 3 aromatic heterocycles. The lowest BCUT2D eigenvalue weighted by Gasteiger charge is -2.26. The van der Waals surface area contributed by atoms with Crippen LogP contribution in [0, 0.1) is 6.92 Å². The third-order valence-electron chi connectivity index (χ3n) is 6.78. The number of rotatable bonds is 9. The Morgan fingerprint density at radius 2 is 1.87 bits per heavy atom. The molecule has 0 saturated carbocycles. The van der Waals surface area contributed by atoms with Gasteiger partial charge in [0, 0.05) is 23.5 Å². The molecule has 1 aliphatic rings. The minimum Gasteiger partial charge on any atom is -0.491 e. The standard InChI is InChI=1S/C34H30N4O5S2/c1-5-41-32(40)28-29(22-9-7-6-8-10-22)37-34-38(30(28)23-11-13-24(14-12-23)42-20(2)3)31(39)26(44-34)19-25-15-16-27(43-25)45-33-35-18-17-21(4)36-33/h6-20,30H,5H2,1-4H3/b26-19-/t30-/m0/s1. The van der Waals surface area contributed by atoms with Crippen LogP contribution in [-0.2, 0) is 9.53 Å². The maximum absolute atomic E-state index is 14.1. The number of carbonyl (C=O) groups excluding carboxylic acids is 1. The van der Waals surface area contributed by atoms with E-state index < -0.39 is 12.0 Å². The van der Waals surface area contributed by atoms with E-state index in [1.807, 2.05) is 87.5 Å².